The fraction of sp³-hybridized carbons (Fsp3) is 0.750. The van der Waals surface area contributed by atoms with Gasteiger partial charge in [-0.2, -0.15) is 5.10 Å². The lowest BCUT2D eigenvalue weighted by Crippen LogP contribution is -2.27. The molecule has 1 rings (SSSR count). The summed E-state index contributed by atoms with van der Waals surface area (Å²) in [6.45, 7) is 6.18. The second-order valence-electron chi connectivity index (χ2n) is 4.91. The monoisotopic (exact) mass is 258 g/mol. The third kappa shape index (κ3) is 3.69. The summed E-state index contributed by atoms with van der Waals surface area (Å²) in [5.74, 6) is 0.479. The molecule has 1 unspecified atom stereocenters. The van der Waals surface area contributed by atoms with Gasteiger partial charge < -0.3 is 10.2 Å². The highest BCUT2D eigenvalue weighted by Gasteiger charge is 2.21. The van der Waals surface area contributed by atoms with E-state index in [1.54, 1.807) is 6.20 Å². The summed E-state index contributed by atoms with van der Waals surface area (Å²) in [6, 6.07) is 0.243. The smallest absolute Gasteiger partial charge is 0.0834 e. The van der Waals surface area contributed by atoms with Crippen LogP contribution in [0.3, 0.4) is 0 Å². The SMILES string of the molecule is CNC(c1c(Cl)cnn1CCN(C)C)C(C)C. The molecule has 1 N–H and O–H groups in total. The van der Waals surface area contributed by atoms with Crippen LogP contribution in [0.15, 0.2) is 6.20 Å². The zero-order chi connectivity index (χ0) is 13.0. The van der Waals surface area contributed by atoms with E-state index < -0.39 is 0 Å². The van der Waals surface area contributed by atoms with E-state index in [0.29, 0.717) is 5.92 Å². The fourth-order valence-electron chi connectivity index (χ4n) is 1.94. The van der Waals surface area contributed by atoms with Crippen molar-refractivity contribution in [3.05, 3.63) is 16.9 Å². The summed E-state index contributed by atoms with van der Waals surface area (Å²) in [5.41, 5.74) is 1.09. The summed E-state index contributed by atoms with van der Waals surface area (Å²) >= 11 is 6.24. The zero-order valence-corrected chi connectivity index (χ0v) is 12.1. The lowest BCUT2D eigenvalue weighted by Gasteiger charge is -2.22. The molecule has 0 aliphatic heterocycles. The van der Waals surface area contributed by atoms with Crippen LogP contribution in [0.4, 0.5) is 0 Å². The van der Waals surface area contributed by atoms with Gasteiger partial charge in [0.1, 0.15) is 0 Å². The molecule has 1 aromatic heterocycles. The van der Waals surface area contributed by atoms with Crippen LogP contribution in [0.2, 0.25) is 5.02 Å². The Morgan fingerprint density at radius 2 is 2.12 bits per heavy atom. The van der Waals surface area contributed by atoms with E-state index >= 15 is 0 Å². The van der Waals surface area contributed by atoms with Gasteiger partial charge in [0.15, 0.2) is 0 Å². The van der Waals surface area contributed by atoms with E-state index in [1.807, 2.05) is 11.7 Å². The van der Waals surface area contributed by atoms with Crippen molar-refractivity contribution in [3.8, 4) is 0 Å². The Morgan fingerprint density at radius 3 is 2.59 bits per heavy atom. The van der Waals surface area contributed by atoms with Crippen molar-refractivity contribution in [3.63, 3.8) is 0 Å². The number of hydrogen-bond donors (Lipinski definition) is 1. The average molecular weight is 259 g/mol. The first-order valence-electron chi connectivity index (χ1n) is 6.00. The predicted molar refractivity (Wildman–Crippen MR) is 72.4 cm³/mol. The molecule has 0 fully saturated rings. The maximum atomic E-state index is 6.24. The molecule has 0 saturated carbocycles. The van der Waals surface area contributed by atoms with Crippen molar-refractivity contribution in [2.45, 2.75) is 26.4 Å². The molecule has 17 heavy (non-hydrogen) atoms. The van der Waals surface area contributed by atoms with E-state index in [2.05, 4.69) is 43.3 Å². The Balaban J connectivity index is 2.92. The molecule has 0 saturated heterocycles. The van der Waals surface area contributed by atoms with Gasteiger partial charge >= 0.3 is 0 Å². The molecule has 5 heteroatoms. The van der Waals surface area contributed by atoms with Crippen molar-refractivity contribution in [1.29, 1.82) is 0 Å². The van der Waals surface area contributed by atoms with Crippen molar-refractivity contribution in [1.82, 2.24) is 20.0 Å². The van der Waals surface area contributed by atoms with Gasteiger partial charge in [0.25, 0.3) is 0 Å². The summed E-state index contributed by atoms with van der Waals surface area (Å²) in [6.07, 6.45) is 1.74. The highest BCUT2D eigenvalue weighted by molar-refractivity contribution is 6.31. The normalized spacial score (nSPS) is 13.6. The maximum absolute atomic E-state index is 6.24. The molecule has 0 aromatic carbocycles. The van der Waals surface area contributed by atoms with Crippen molar-refractivity contribution in [2.75, 3.05) is 27.7 Å². The van der Waals surface area contributed by atoms with Gasteiger partial charge in [0.2, 0.25) is 0 Å². The van der Waals surface area contributed by atoms with Crippen LogP contribution >= 0.6 is 11.6 Å². The minimum atomic E-state index is 0.243. The largest absolute Gasteiger partial charge is 0.311 e. The third-order valence-electron chi connectivity index (χ3n) is 2.86. The lowest BCUT2D eigenvalue weighted by molar-refractivity contribution is 0.351. The molecular weight excluding hydrogens is 236 g/mol. The second kappa shape index (κ2) is 6.38. The molecule has 0 aliphatic carbocycles. The zero-order valence-electron chi connectivity index (χ0n) is 11.4. The number of rotatable bonds is 6. The molecule has 0 spiro atoms. The summed E-state index contributed by atoms with van der Waals surface area (Å²) in [4.78, 5) is 2.14. The minimum Gasteiger partial charge on any atom is -0.311 e. The number of hydrogen-bond acceptors (Lipinski definition) is 3. The summed E-state index contributed by atoms with van der Waals surface area (Å²) < 4.78 is 2.00. The van der Waals surface area contributed by atoms with Crippen molar-refractivity contribution in [2.24, 2.45) is 5.92 Å². The van der Waals surface area contributed by atoms with Crippen LogP contribution < -0.4 is 5.32 Å². The summed E-state index contributed by atoms with van der Waals surface area (Å²) in [5, 5.41) is 8.42. The maximum Gasteiger partial charge on any atom is 0.0834 e. The quantitative estimate of drug-likeness (QED) is 0.848. The highest BCUT2D eigenvalue weighted by Crippen LogP contribution is 2.27. The first-order valence-corrected chi connectivity index (χ1v) is 6.38. The number of nitrogens with zero attached hydrogens (tertiary/aromatic N) is 3. The van der Waals surface area contributed by atoms with Gasteiger partial charge in [-0.3, -0.25) is 4.68 Å². The number of aromatic nitrogens is 2. The molecule has 4 nitrogen and oxygen atoms in total. The predicted octanol–water partition coefficient (Wildman–Crippen LogP) is 2.01. The Hall–Kier alpha value is -0.580. The number of nitrogens with one attached hydrogen (secondary N) is 1. The van der Waals surface area contributed by atoms with Gasteiger partial charge in [-0.15, -0.1) is 0 Å². The average Bonchev–Trinajstić information content (AvgIpc) is 2.59. The number of halogens is 1. The van der Waals surface area contributed by atoms with Gasteiger partial charge in [0.05, 0.1) is 29.5 Å². The molecule has 1 atom stereocenters. The molecule has 0 bridgehead atoms. The molecular formula is C12H23ClN4. The van der Waals surface area contributed by atoms with E-state index in [1.165, 1.54) is 0 Å². The number of likely N-dealkylation sites (N-methyl/N-ethyl adjacent to an activating group) is 1. The molecule has 0 radical (unpaired) electrons. The molecule has 0 amide bonds. The van der Waals surface area contributed by atoms with Crippen LogP contribution in [-0.2, 0) is 6.54 Å². The molecule has 0 aliphatic rings. The first kappa shape index (κ1) is 14.5. The minimum absolute atomic E-state index is 0.243. The second-order valence-corrected chi connectivity index (χ2v) is 5.32. The Kier molecular flexibility index (Phi) is 5.43. The standard InChI is InChI=1S/C12H23ClN4/c1-9(2)11(14-3)12-10(13)8-15-17(12)7-6-16(4)5/h8-9,11,14H,6-7H2,1-5H3. The lowest BCUT2D eigenvalue weighted by atomic mass is 10.0. The topological polar surface area (TPSA) is 33.1 Å². The Morgan fingerprint density at radius 1 is 1.47 bits per heavy atom. The molecule has 98 valence electrons. The first-order chi connectivity index (χ1) is 7.97. The van der Waals surface area contributed by atoms with E-state index in [4.69, 9.17) is 11.6 Å². The van der Waals surface area contributed by atoms with E-state index in [-0.39, 0.29) is 6.04 Å². The van der Waals surface area contributed by atoms with Crippen molar-refractivity contribution >= 4 is 11.6 Å². The Bertz CT molecular complexity index is 346. The van der Waals surface area contributed by atoms with E-state index in [0.717, 1.165) is 23.8 Å². The van der Waals surface area contributed by atoms with Crippen molar-refractivity contribution < 1.29 is 0 Å². The third-order valence-corrected chi connectivity index (χ3v) is 3.16. The van der Waals surface area contributed by atoms with Gasteiger partial charge in [-0.1, -0.05) is 25.4 Å². The van der Waals surface area contributed by atoms with Crippen LogP contribution in [0.1, 0.15) is 25.6 Å². The van der Waals surface area contributed by atoms with Crippen LogP contribution in [0.25, 0.3) is 0 Å². The Labute approximate surface area is 109 Å². The fourth-order valence-corrected chi connectivity index (χ4v) is 2.20. The van der Waals surface area contributed by atoms with Crippen LogP contribution in [-0.4, -0.2) is 42.4 Å². The van der Waals surface area contributed by atoms with Crippen LogP contribution in [0, 0.1) is 5.92 Å². The van der Waals surface area contributed by atoms with Crippen LogP contribution in [0.5, 0.6) is 0 Å². The van der Waals surface area contributed by atoms with Gasteiger partial charge in [-0.05, 0) is 27.1 Å². The summed E-state index contributed by atoms with van der Waals surface area (Å²) in [7, 11) is 6.08. The highest BCUT2D eigenvalue weighted by atomic mass is 35.5. The van der Waals surface area contributed by atoms with Gasteiger partial charge in [-0.25, -0.2) is 0 Å². The molecule has 1 heterocycles. The van der Waals surface area contributed by atoms with E-state index in [9.17, 15) is 0 Å². The molecule has 1 aromatic rings. The van der Waals surface area contributed by atoms with Gasteiger partial charge in [0, 0.05) is 6.54 Å².